The standard InChI is InChI=1S/C20H53FO8Si6/c1-22-35(23-2,24-3)19-15-18-31(6,7)27-33(10,11)29-34(12,13)28-32(8,9)26-30(4,5)17-14-16-25-20-21/h14-20H2,1-13H3. The quantitative estimate of drug-likeness (QED) is 0.120. The molecule has 8 nitrogen and oxygen atoms in total. The second-order valence-electron chi connectivity index (χ2n) is 11.4. The number of rotatable bonds is 20. The zero-order valence-electron chi connectivity index (χ0n) is 24.6. The van der Waals surface area contributed by atoms with Crippen LogP contribution in [0.2, 0.25) is 83.6 Å². The van der Waals surface area contributed by atoms with Crippen molar-refractivity contribution in [1.29, 1.82) is 0 Å². The SMILES string of the molecule is CO[Si](CCC[Si](C)(C)O[Si](C)(C)O[Si](C)(C)O[Si](C)(C)O[Si](C)(C)CCCOCF)(OC)OC. The average Bonchev–Trinajstić information content (AvgIpc) is 2.65. The Kier molecular flexibility index (Phi) is 15.3. The van der Waals surface area contributed by atoms with E-state index in [-0.39, 0.29) is 0 Å². The summed E-state index contributed by atoms with van der Waals surface area (Å²) in [5, 5.41) is 0. The van der Waals surface area contributed by atoms with Crippen molar-refractivity contribution in [1.82, 2.24) is 0 Å². The van der Waals surface area contributed by atoms with Crippen LogP contribution in [0.1, 0.15) is 12.8 Å². The third-order valence-electron chi connectivity index (χ3n) is 5.37. The largest absolute Gasteiger partial charge is 0.500 e. The molecule has 0 aromatic heterocycles. The van der Waals surface area contributed by atoms with E-state index in [1.807, 2.05) is 0 Å². The first kappa shape index (κ1) is 35.9. The highest BCUT2D eigenvalue weighted by atomic mass is 28.5. The van der Waals surface area contributed by atoms with Gasteiger partial charge >= 0.3 is 34.5 Å². The summed E-state index contributed by atoms with van der Waals surface area (Å²) < 4.78 is 60.2. The van der Waals surface area contributed by atoms with Crippen molar-refractivity contribution in [2.24, 2.45) is 0 Å². The lowest BCUT2D eigenvalue weighted by Crippen LogP contribution is -2.58. The normalized spacial score (nSPS) is 14.6. The van der Waals surface area contributed by atoms with Crippen molar-refractivity contribution in [3.05, 3.63) is 0 Å². The lowest BCUT2D eigenvalue weighted by atomic mass is 10.5. The first-order valence-corrected chi connectivity index (χ1v) is 29.0. The lowest BCUT2D eigenvalue weighted by molar-refractivity contribution is 0.0580. The Bertz CT molecular complexity index is 598. The molecule has 0 atom stereocenters. The van der Waals surface area contributed by atoms with Gasteiger partial charge in [-0.1, -0.05) is 0 Å². The highest BCUT2D eigenvalue weighted by Crippen LogP contribution is 2.29. The summed E-state index contributed by atoms with van der Waals surface area (Å²) in [4.78, 5) is 0. The minimum atomic E-state index is -2.57. The number of ether oxygens (including phenoxy) is 1. The Balaban J connectivity index is 4.96. The van der Waals surface area contributed by atoms with Crippen LogP contribution in [0.25, 0.3) is 0 Å². The van der Waals surface area contributed by atoms with Gasteiger partial charge in [-0.3, -0.25) is 0 Å². The van der Waals surface area contributed by atoms with Crippen molar-refractivity contribution in [3.8, 4) is 0 Å². The Labute approximate surface area is 220 Å². The summed E-state index contributed by atoms with van der Waals surface area (Å²) in [7, 11) is -8.96. The molecule has 0 aliphatic carbocycles. The molecule has 35 heavy (non-hydrogen) atoms. The van der Waals surface area contributed by atoms with E-state index in [2.05, 4.69) is 65.5 Å². The summed E-state index contributed by atoms with van der Waals surface area (Å²) in [5.74, 6) is 0. The van der Waals surface area contributed by atoms with E-state index in [1.54, 1.807) is 21.3 Å². The number of halogens is 1. The van der Waals surface area contributed by atoms with E-state index in [0.717, 1.165) is 31.0 Å². The van der Waals surface area contributed by atoms with Crippen LogP contribution in [0.3, 0.4) is 0 Å². The molecule has 0 aromatic carbocycles. The van der Waals surface area contributed by atoms with Crippen molar-refractivity contribution in [3.63, 3.8) is 0 Å². The maximum atomic E-state index is 12.2. The van der Waals surface area contributed by atoms with Gasteiger partial charge in [0.2, 0.25) is 0 Å². The fraction of sp³-hybridized carbons (Fsp3) is 1.00. The molecule has 0 heterocycles. The third kappa shape index (κ3) is 15.8. The Morgan fingerprint density at radius 1 is 0.514 bits per heavy atom. The fourth-order valence-electron chi connectivity index (χ4n) is 4.62. The second-order valence-corrected chi connectivity index (χ2v) is 34.2. The second kappa shape index (κ2) is 14.9. The van der Waals surface area contributed by atoms with Crippen LogP contribution in [0.4, 0.5) is 4.39 Å². The number of hydrogen-bond acceptors (Lipinski definition) is 8. The summed E-state index contributed by atoms with van der Waals surface area (Å²) in [6.07, 6.45) is 1.72. The van der Waals surface area contributed by atoms with Crippen LogP contribution in [0.15, 0.2) is 0 Å². The zero-order valence-corrected chi connectivity index (χ0v) is 30.6. The Morgan fingerprint density at radius 2 is 0.886 bits per heavy atom. The first-order valence-electron chi connectivity index (χ1n) is 12.4. The van der Waals surface area contributed by atoms with Gasteiger partial charge in [-0.25, -0.2) is 4.39 Å². The van der Waals surface area contributed by atoms with E-state index in [9.17, 15) is 4.39 Å². The third-order valence-corrected chi connectivity index (χ3v) is 27.5. The molecule has 15 heteroatoms. The molecule has 0 saturated heterocycles. The first-order chi connectivity index (χ1) is 15.8. The van der Waals surface area contributed by atoms with Crippen molar-refractivity contribution in [2.75, 3.05) is 34.8 Å². The van der Waals surface area contributed by atoms with E-state index >= 15 is 0 Å². The topological polar surface area (TPSA) is 73.8 Å². The highest BCUT2D eigenvalue weighted by Gasteiger charge is 2.46. The molecule has 0 aliphatic heterocycles. The molecule has 0 N–H and O–H groups in total. The fourth-order valence-corrected chi connectivity index (χ4v) is 31.3. The minimum Gasteiger partial charge on any atom is -0.436 e. The summed E-state index contributed by atoms with van der Waals surface area (Å²) in [6.45, 7) is 21.1. The van der Waals surface area contributed by atoms with Crippen LogP contribution in [0.5, 0.6) is 0 Å². The molecular formula is C20H53FO8Si6. The van der Waals surface area contributed by atoms with E-state index in [1.165, 1.54) is 0 Å². The van der Waals surface area contributed by atoms with Gasteiger partial charge in [0.05, 0.1) is 0 Å². The predicted molar refractivity (Wildman–Crippen MR) is 154 cm³/mol. The van der Waals surface area contributed by atoms with Crippen LogP contribution in [0, 0.1) is 0 Å². The molecule has 0 fully saturated rings. The van der Waals surface area contributed by atoms with Gasteiger partial charge < -0.3 is 34.5 Å². The van der Waals surface area contributed by atoms with Gasteiger partial charge in [-0.15, -0.1) is 0 Å². The zero-order chi connectivity index (χ0) is 27.6. The summed E-state index contributed by atoms with van der Waals surface area (Å²) in [6, 6.07) is 2.63. The van der Waals surface area contributed by atoms with Crippen molar-refractivity contribution >= 4 is 51.1 Å². The molecule has 0 amide bonds. The van der Waals surface area contributed by atoms with Gasteiger partial charge in [0.25, 0.3) is 0 Å². The number of alkyl halides is 1. The predicted octanol–water partition coefficient (Wildman–Crippen LogP) is 6.17. The lowest BCUT2D eigenvalue weighted by Gasteiger charge is -2.42. The molecule has 0 aliphatic rings. The molecular weight excluding hydrogens is 556 g/mol. The van der Waals surface area contributed by atoms with E-state index in [0.29, 0.717) is 6.61 Å². The minimum absolute atomic E-state index is 0.421. The molecule has 0 unspecified atom stereocenters. The van der Waals surface area contributed by atoms with Gasteiger partial charge in [0.15, 0.2) is 23.5 Å². The van der Waals surface area contributed by atoms with Crippen molar-refractivity contribution < 1.29 is 38.9 Å². The van der Waals surface area contributed by atoms with Gasteiger partial charge in [-0.05, 0) is 90.4 Å². The summed E-state index contributed by atoms with van der Waals surface area (Å²) in [5.41, 5.74) is 0. The van der Waals surface area contributed by atoms with Crippen LogP contribution >= 0.6 is 0 Å². The van der Waals surface area contributed by atoms with E-state index < -0.39 is 58.0 Å². The Morgan fingerprint density at radius 3 is 1.26 bits per heavy atom. The van der Waals surface area contributed by atoms with Crippen molar-refractivity contribution in [2.45, 2.75) is 96.4 Å². The number of hydrogen-bond donors (Lipinski definition) is 0. The highest BCUT2D eigenvalue weighted by molar-refractivity contribution is 6.90. The van der Waals surface area contributed by atoms with Gasteiger partial charge in [0, 0.05) is 34.0 Å². The monoisotopic (exact) mass is 608 g/mol. The van der Waals surface area contributed by atoms with Crippen LogP contribution in [-0.2, 0) is 34.5 Å². The Hall–Kier alpha value is 0.911. The van der Waals surface area contributed by atoms with Gasteiger partial charge in [-0.2, -0.15) is 0 Å². The molecule has 0 rings (SSSR count). The smallest absolute Gasteiger partial charge is 0.436 e. The molecule has 0 bridgehead atoms. The molecule has 0 saturated carbocycles. The van der Waals surface area contributed by atoms with Crippen LogP contribution < -0.4 is 0 Å². The molecule has 0 aromatic rings. The molecule has 212 valence electrons. The van der Waals surface area contributed by atoms with Gasteiger partial charge in [0.1, 0.15) is 0 Å². The van der Waals surface area contributed by atoms with E-state index in [4.69, 9.17) is 34.5 Å². The van der Waals surface area contributed by atoms with Crippen LogP contribution in [-0.4, -0.2) is 85.9 Å². The summed E-state index contributed by atoms with van der Waals surface area (Å²) >= 11 is 0. The maximum absolute atomic E-state index is 12.2. The molecule has 0 spiro atoms. The maximum Gasteiger partial charge on any atom is 0.500 e. The molecule has 0 radical (unpaired) electrons. The average molecular weight is 609 g/mol.